The standard InChI is InChI=1S/C20H25N3O2/c1-13-5-8-16(9-6-13)22-19(24)14(2)23-12-20(3,4)25-18-10-7-15(21)11-17(18)23/h5-11,14H,12,21H2,1-4H3,(H,22,24). The Balaban J connectivity index is 1.85. The summed E-state index contributed by atoms with van der Waals surface area (Å²) in [6.07, 6.45) is 0. The molecule has 1 atom stereocenters. The van der Waals surface area contributed by atoms with Gasteiger partial charge in [-0.05, 0) is 58.0 Å². The fourth-order valence-corrected chi connectivity index (χ4v) is 3.04. The minimum absolute atomic E-state index is 0.0603. The molecule has 1 aliphatic rings. The van der Waals surface area contributed by atoms with E-state index < -0.39 is 0 Å². The summed E-state index contributed by atoms with van der Waals surface area (Å²) in [4.78, 5) is 14.8. The summed E-state index contributed by atoms with van der Waals surface area (Å²) in [7, 11) is 0. The largest absolute Gasteiger partial charge is 0.484 e. The van der Waals surface area contributed by atoms with E-state index in [1.54, 1.807) is 0 Å². The van der Waals surface area contributed by atoms with Crippen LogP contribution in [0.3, 0.4) is 0 Å². The van der Waals surface area contributed by atoms with Gasteiger partial charge in [-0.25, -0.2) is 0 Å². The first-order chi connectivity index (χ1) is 11.7. The molecule has 0 bridgehead atoms. The molecule has 132 valence electrons. The molecule has 1 amide bonds. The lowest BCUT2D eigenvalue weighted by Crippen LogP contribution is -2.53. The van der Waals surface area contributed by atoms with E-state index in [1.807, 2.05) is 70.2 Å². The molecule has 0 aliphatic carbocycles. The van der Waals surface area contributed by atoms with E-state index in [-0.39, 0.29) is 17.6 Å². The molecule has 0 saturated carbocycles. The molecule has 1 unspecified atom stereocenters. The van der Waals surface area contributed by atoms with Gasteiger partial charge in [0.05, 0.1) is 12.2 Å². The SMILES string of the molecule is Cc1ccc(NC(=O)C(C)N2CC(C)(C)Oc3ccc(N)cc32)cc1. The Hall–Kier alpha value is -2.69. The number of hydrogen-bond acceptors (Lipinski definition) is 4. The maximum atomic E-state index is 12.8. The molecule has 0 spiro atoms. The van der Waals surface area contributed by atoms with Gasteiger partial charge in [-0.2, -0.15) is 0 Å². The van der Waals surface area contributed by atoms with Gasteiger partial charge in [-0.1, -0.05) is 17.7 Å². The molecular weight excluding hydrogens is 314 g/mol. The highest BCUT2D eigenvalue weighted by Gasteiger charge is 2.36. The molecule has 2 aromatic carbocycles. The molecule has 1 heterocycles. The van der Waals surface area contributed by atoms with Gasteiger partial charge in [0.15, 0.2) is 0 Å². The Morgan fingerprint density at radius 3 is 2.60 bits per heavy atom. The van der Waals surface area contributed by atoms with Crippen molar-refractivity contribution in [2.45, 2.75) is 39.3 Å². The zero-order valence-corrected chi connectivity index (χ0v) is 15.2. The van der Waals surface area contributed by atoms with Crippen molar-refractivity contribution in [3.63, 3.8) is 0 Å². The molecule has 3 rings (SSSR count). The fourth-order valence-electron chi connectivity index (χ4n) is 3.04. The van der Waals surface area contributed by atoms with Crippen LogP contribution in [0.25, 0.3) is 0 Å². The number of nitrogen functional groups attached to an aromatic ring is 1. The Morgan fingerprint density at radius 1 is 1.24 bits per heavy atom. The van der Waals surface area contributed by atoms with Crippen LogP contribution in [0.2, 0.25) is 0 Å². The molecule has 5 heteroatoms. The summed E-state index contributed by atoms with van der Waals surface area (Å²) in [6, 6.07) is 13.0. The molecule has 0 radical (unpaired) electrons. The van der Waals surface area contributed by atoms with Gasteiger partial charge in [0.2, 0.25) is 5.91 Å². The first-order valence-electron chi connectivity index (χ1n) is 8.48. The van der Waals surface area contributed by atoms with E-state index in [4.69, 9.17) is 10.5 Å². The summed E-state index contributed by atoms with van der Waals surface area (Å²) in [5.41, 5.74) is 9.01. The molecule has 0 saturated heterocycles. The van der Waals surface area contributed by atoms with Gasteiger partial charge in [0.25, 0.3) is 0 Å². The Bertz CT molecular complexity index is 784. The minimum atomic E-state index is -0.387. The van der Waals surface area contributed by atoms with Crippen molar-refractivity contribution in [3.8, 4) is 5.75 Å². The van der Waals surface area contributed by atoms with Gasteiger partial charge < -0.3 is 20.7 Å². The summed E-state index contributed by atoms with van der Waals surface area (Å²) < 4.78 is 6.04. The van der Waals surface area contributed by atoms with E-state index in [0.29, 0.717) is 12.2 Å². The number of hydrogen-bond donors (Lipinski definition) is 2. The fraction of sp³-hybridized carbons (Fsp3) is 0.350. The third kappa shape index (κ3) is 3.71. The van der Waals surface area contributed by atoms with Gasteiger partial charge in [0.1, 0.15) is 17.4 Å². The van der Waals surface area contributed by atoms with Crippen molar-refractivity contribution in [2.75, 3.05) is 22.5 Å². The zero-order valence-electron chi connectivity index (χ0n) is 15.2. The summed E-state index contributed by atoms with van der Waals surface area (Å²) in [5, 5.41) is 2.99. The average Bonchev–Trinajstić information content (AvgIpc) is 2.55. The van der Waals surface area contributed by atoms with Crippen LogP contribution in [0.1, 0.15) is 26.3 Å². The number of nitrogens with one attached hydrogen (secondary N) is 1. The second-order valence-electron chi connectivity index (χ2n) is 7.25. The Kier molecular flexibility index (Phi) is 4.33. The monoisotopic (exact) mass is 339 g/mol. The summed E-state index contributed by atoms with van der Waals surface area (Å²) in [5.74, 6) is 0.690. The second-order valence-corrected chi connectivity index (χ2v) is 7.25. The summed E-state index contributed by atoms with van der Waals surface area (Å²) >= 11 is 0. The lowest BCUT2D eigenvalue weighted by molar-refractivity contribution is -0.117. The predicted molar refractivity (Wildman–Crippen MR) is 102 cm³/mol. The molecule has 0 fully saturated rings. The van der Waals surface area contributed by atoms with Crippen LogP contribution >= 0.6 is 0 Å². The normalized spacial score (nSPS) is 16.6. The van der Waals surface area contributed by atoms with Crippen molar-refractivity contribution < 1.29 is 9.53 Å². The van der Waals surface area contributed by atoms with Crippen molar-refractivity contribution >= 4 is 23.0 Å². The third-order valence-electron chi connectivity index (χ3n) is 4.40. The average molecular weight is 339 g/mol. The maximum absolute atomic E-state index is 12.8. The second kappa shape index (κ2) is 6.31. The van der Waals surface area contributed by atoms with E-state index in [9.17, 15) is 4.79 Å². The number of nitrogens with two attached hydrogens (primary N) is 1. The minimum Gasteiger partial charge on any atom is -0.484 e. The van der Waals surface area contributed by atoms with Crippen LogP contribution < -0.4 is 20.7 Å². The third-order valence-corrected chi connectivity index (χ3v) is 4.40. The van der Waals surface area contributed by atoms with E-state index in [0.717, 1.165) is 22.7 Å². The van der Waals surface area contributed by atoms with Crippen molar-refractivity contribution in [2.24, 2.45) is 0 Å². The number of amides is 1. The zero-order chi connectivity index (χ0) is 18.2. The molecule has 2 aromatic rings. The summed E-state index contributed by atoms with van der Waals surface area (Å²) in [6.45, 7) is 8.56. The highest BCUT2D eigenvalue weighted by molar-refractivity contribution is 5.97. The number of carbonyl (C=O) groups excluding carboxylic acids is 1. The van der Waals surface area contributed by atoms with E-state index in [2.05, 4.69) is 10.2 Å². The predicted octanol–water partition coefficient (Wildman–Crippen LogP) is 3.58. The number of ether oxygens (including phenoxy) is 1. The molecule has 1 aliphatic heterocycles. The van der Waals surface area contributed by atoms with Crippen molar-refractivity contribution in [1.82, 2.24) is 0 Å². The lowest BCUT2D eigenvalue weighted by atomic mass is 10.0. The highest BCUT2D eigenvalue weighted by Crippen LogP contribution is 2.39. The van der Waals surface area contributed by atoms with Gasteiger partial charge in [-0.15, -0.1) is 0 Å². The number of benzene rings is 2. The van der Waals surface area contributed by atoms with Crippen LogP contribution in [0, 0.1) is 6.92 Å². The van der Waals surface area contributed by atoms with Gasteiger partial charge >= 0.3 is 0 Å². The lowest BCUT2D eigenvalue weighted by Gasteiger charge is -2.43. The van der Waals surface area contributed by atoms with Crippen molar-refractivity contribution in [1.29, 1.82) is 0 Å². The van der Waals surface area contributed by atoms with Crippen LogP contribution in [-0.2, 0) is 4.79 Å². The molecule has 0 aromatic heterocycles. The van der Waals surface area contributed by atoms with Crippen LogP contribution in [0.15, 0.2) is 42.5 Å². The van der Waals surface area contributed by atoms with Crippen LogP contribution in [-0.4, -0.2) is 24.1 Å². The molecular formula is C20H25N3O2. The van der Waals surface area contributed by atoms with Crippen LogP contribution in [0.4, 0.5) is 17.1 Å². The highest BCUT2D eigenvalue weighted by atomic mass is 16.5. The number of rotatable bonds is 3. The van der Waals surface area contributed by atoms with Gasteiger partial charge in [0, 0.05) is 11.4 Å². The first-order valence-corrected chi connectivity index (χ1v) is 8.48. The molecule has 3 N–H and O–H groups in total. The topological polar surface area (TPSA) is 67.6 Å². The van der Waals surface area contributed by atoms with E-state index >= 15 is 0 Å². The first kappa shape index (κ1) is 17.1. The molecule has 5 nitrogen and oxygen atoms in total. The Labute approximate surface area is 148 Å². The Morgan fingerprint density at radius 2 is 1.92 bits per heavy atom. The van der Waals surface area contributed by atoms with Gasteiger partial charge in [-0.3, -0.25) is 4.79 Å². The smallest absolute Gasteiger partial charge is 0.246 e. The maximum Gasteiger partial charge on any atom is 0.246 e. The van der Waals surface area contributed by atoms with E-state index in [1.165, 1.54) is 0 Å². The van der Waals surface area contributed by atoms with Crippen LogP contribution in [0.5, 0.6) is 5.75 Å². The quantitative estimate of drug-likeness (QED) is 0.839. The number of fused-ring (bicyclic) bond motifs is 1. The number of nitrogens with zero attached hydrogens (tertiary/aromatic N) is 1. The number of carbonyl (C=O) groups is 1. The number of aryl methyl sites for hydroxylation is 1. The molecule has 25 heavy (non-hydrogen) atoms. The van der Waals surface area contributed by atoms with Crippen molar-refractivity contribution in [3.05, 3.63) is 48.0 Å². The number of anilines is 3.